The van der Waals surface area contributed by atoms with Crippen LogP contribution in [0.3, 0.4) is 0 Å². The van der Waals surface area contributed by atoms with Gasteiger partial charge < -0.3 is 0 Å². The van der Waals surface area contributed by atoms with E-state index in [1.54, 1.807) is 6.08 Å². The van der Waals surface area contributed by atoms with Crippen molar-refractivity contribution in [2.75, 3.05) is 0 Å². The molecule has 0 saturated heterocycles. The highest BCUT2D eigenvalue weighted by Gasteiger charge is 1.96. The third kappa shape index (κ3) is 1.47. The van der Waals surface area contributed by atoms with Crippen LogP contribution in [-0.2, 0) is 0 Å². The van der Waals surface area contributed by atoms with Crippen molar-refractivity contribution < 1.29 is 1.37 Å². The van der Waals surface area contributed by atoms with E-state index in [9.17, 15) is 0 Å². The van der Waals surface area contributed by atoms with E-state index >= 15 is 0 Å². The van der Waals surface area contributed by atoms with Crippen molar-refractivity contribution in [1.29, 1.82) is 0 Å². The maximum atomic E-state index is 7.80. The van der Waals surface area contributed by atoms with Gasteiger partial charge in [-0.05, 0) is 11.5 Å². The fraction of sp³-hybridized carbons (Fsp3) is 0.200. The molecule has 0 heteroatoms. The van der Waals surface area contributed by atoms with Crippen molar-refractivity contribution in [3.8, 4) is 0 Å². The first-order chi connectivity index (χ1) is 5.17. The van der Waals surface area contributed by atoms with Gasteiger partial charge in [0.1, 0.15) is 0 Å². The maximum Gasteiger partial charge on any atom is 0.0393 e. The third-order valence-corrected chi connectivity index (χ3v) is 1.54. The molecular weight excluding hydrogens is 120 g/mol. The summed E-state index contributed by atoms with van der Waals surface area (Å²) in [7, 11) is 0. The zero-order valence-corrected chi connectivity index (χ0v) is 6.17. The van der Waals surface area contributed by atoms with Crippen molar-refractivity contribution in [3.05, 3.63) is 48.6 Å². The zero-order chi connectivity index (χ0) is 8.32. The molecule has 1 aromatic rings. The molecule has 0 bridgehead atoms. The molecule has 0 aliphatic rings. The molecule has 1 rings (SSSR count). The monoisotopic (exact) mass is 133 g/mol. The van der Waals surface area contributed by atoms with Crippen molar-refractivity contribution >= 4 is 0 Å². The van der Waals surface area contributed by atoms with Gasteiger partial charge in [0.15, 0.2) is 0 Å². The van der Waals surface area contributed by atoms with Gasteiger partial charge in [-0.2, -0.15) is 0 Å². The van der Waals surface area contributed by atoms with Gasteiger partial charge in [0, 0.05) is 1.37 Å². The second kappa shape index (κ2) is 3.21. The molecule has 0 aliphatic carbocycles. The van der Waals surface area contributed by atoms with E-state index in [1.165, 1.54) is 0 Å². The molecule has 0 nitrogen and oxygen atoms in total. The Morgan fingerprint density at radius 2 is 2.10 bits per heavy atom. The summed E-state index contributed by atoms with van der Waals surface area (Å²) in [6.07, 6.45) is 1.64. The fourth-order valence-electron chi connectivity index (χ4n) is 0.819. The average Bonchev–Trinajstić information content (AvgIpc) is 2.06. The van der Waals surface area contributed by atoms with Gasteiger partial charge in [0.2, 0.25) is 0 Å². The molecule has 0 aliphatic heterocycles. The first-order valence-electron chi connectivity index (χ1n) is 3.86. The topological polar surface area (TPSA) is 0 Å². The lowest BCUT2D eigenvalue weighted by Gasteiger charge is -2.03. The van der Waals surface area contributed by atoms with Crippen LogP contribution >= 0.6 is 0 Å². The molecule has 0 radical (unpaired) electrons. The second-order valence-corrected chi connectivity index (χ2v) is 2.25. The molecule has 0 spiro atoms. The SMILES string of the molecule is [2H][C@@](C)(C=C)c1ccccc1. The second-order valence-electron chi connectivity index (χ2n) is 2.25. The summed E-state index contributed by atoms with van der Waals surface area (Å²) in [6.45, 7) is 5.45. The van der Waals surface area contributed by atoms with Gasteiger partial charge in [0.25, 0.3) is 0 Å². The van der Waals surface area contributed by atoms with E-state index in [4.69, 9.17) is 1.37 Å². The molecular formula is C10H12. The number of benzene rings is 1. The lowest BCUT2D eigenvalue weighted by Crippen LogP contribution is -1.85. The summed E-state index contributed by atoms with van der Waals surface area (Å²) < 4.78 is 7.80. The van der Waals surface area contributed by atoms with Crippen LogP contribution in [-0.4, -0.2) is 0 Å². The highest BCUT2D eigenvalue weighted by Crippen LogP contribution is 2.14. The first-order valence-corrected chi connectivity index (χ1v) is 3.36. The van der Waals surface area contributed by atoms with Crippen LogP contribution in [0, 0.1) is 0 Å². The summed E-state index contributed by atoms with van der Waals surface area (Å²) in [5.74, 6) is -0.652. The van der Waals surface area contributed by atoms with Crippen LogP contribution < -0.4 is 0 Å². The smallest absolute Gasteiger partial charge is 0.0393 e. The Morgan fingerprint density at radius 3 is 2.60 bits per heavy atom. The van der Waals surface area contributed by atoms with Crippen LogP contribution in [0.4, 0.5) is 0 Å². The van der Waals surface area contributed by atoms with E-state index in [0.717, 1.165) is 5.56 Å². The molecule has 0 N–H and O–H groups in total. The van der Waals surface area contributed by atoms with E-state index in [2.05, 4.69) is 6.58 Å². The Hall–Kier alpha value is -1.04. The van der Waals surface area contributed by atoms with Crippen LogP contribution in [0.15, 0.2) is 43.0 Å². The first kappa shape index (κ1) is 5.72. The predicted molar refractivity (Wildman–Crippen MR) is 45.1 cm³/mol. The molecule has 0 saturated carbocycles. The standard InChI is InChI=1S/C10H12/c1-3-9(2)10-7-5-4-6-8-10/h3-9H,1H2,2H3/t9-/m1/s1/i9D. The number of allylic oxidation sites excluding steroid dienone is 1. The van der Waals surface area contributed by atoms with Gasteiger partial charge in [0.05, 0.1) is 0 Å². The van der Waals surface area contributed by atoms with Crippen LogP contribution in [0.2, 0.25) is 0 Å². The minimum absolute atomic E-state index is 0.652. The number of hydrogen-bond acceptors (Lipinski definition) is 0. The molecule has 1 atom stereocenters. The van der Waals surface area contributed by atoms with Crippen molar-refractivity contribution in [2.45, 2.75) is 12.8 Å². The van der Waals surface area contributed by atoms with Crippen molar-refractivity contribution in [1.82, 2.24) is 0 Å². The molecule has 52 valence electrons. The van der Waals surface area contributed by atoms with Crippen LogP contribution in [0.1, 0.15) is 19.8 Å². The molecule has 1 aromatic carbocycles. The van der Waals surface area contributed by atoms with Crippen LogP contribution in [0.25, 0.3) is 0 Å². The summed E-state index contributed by atoms with van der Waals surface area (Å²) >= 11 is 0. The van der Waals surface area contributed by atoms with Gasteiger partial charge in [-0.3, -0.25) is 0 Å². The summed E-state index contributed by atoms with van der Waals surface area (Å²) in [6, 6.07) is 9.70. The van der Waals surface area contributed by atoms with Crippen molar-refractivity contribution in [3.63, 3.8) is 0 Å². The highest BCUT2D eigenvalue weighted by atomic mass is 14.0. The quantitative estimate of drug-likeness (QED) is 0.544. The molecule has 0 aromatic heterocycles. The summed E-state index contributed by atoms with van der Waals surface area (Å²) in [5, 5.41) is 0. The Kier molecular flexibility index (Phi) is 1.84. The highest BCUT2D eigenvalue weighted by molar-refractivity contribution is 5.21. The Morgan fingerprint density at radius 1 is 1.50 bits per heavy atom. The normalized spacial score (nSPS) is 17.1. The molecule has 0 amide bonds. The molecule has 10 heavy (non-hydrogen) atoms. The molecule has 0 heterocycles. The predicted octanol–water partition coefficient (Wildman–Crippen LogP) is 2.98. The Balaban J connectivity index is 3.02. The van der Waals surface area contributed by atoms with Gasteiger partial charge >= 0.3 is 0 Å². The summed E-state index contributed by atoms with van der Waals surface area (Å²) in [4.78, 5) is 0. The number of hydrogen-bond donors (Lipinski definition) is 0. The largest absolute Gasteiger partial charge is 0.102 e. The maximum absolute atomic E-state index is 7.80. The van der Waals surface area contributed by atoms with Crippen LogP contribution in [0.5, 0.6) is 0 Å². The average molecular weight is 133 g/mol. The van der Waals surface area contributed by atoms with Gasteiger partial charge in [-0.1, -0.05) is 43.3 Å². The van der Waals surface area contributed by atoms with E-state index in [0.29, 0.717) is 0 Å². The Labute approximate surface area is 63.6 Å². The lowest BCUT2D eigenvalue weighted by atomic mass is 10.0. The minimum atomic E-state index is -0.652. The van der Waals surface area contributed by atoms with Crippen molar-refractivity contribution in [2.24, 2.45) is 0 Å². The van der Waals surface area contributed by atoms with Gasteiger partial charge in [-0.25, -0.2) is 0 Å². The number of rotatable bonds is 2. The third-order valence-electron chi connectivity index (χ3n) is 1.54. The summed E-state index contributed by atoms with van der Waals surface area (Å²) in [5.41, 5.74) is 0.981. The van der Waals surface area contributed by atoms with E-state index in [1.807, 2.05) is 37.3 Å². The molecule has 0 fully saturated rings. The van der Waals surface area contributed by atoms with E-state index in [-0.39, 0.29) is 0 Å². The van der Waals surface area contributed by atoms with E-state index < -0.39 is 5.89 Å². The van der Waals surface area contributed by atoms with Gasteiger partial charge in [-0.15, -0.1) is 6.58 Å². The minimum Gasteiger partial charge on any atom is -0.102 e. The fourth-order valence-corrected chi connectivity index (χ4v) is 0.819. The molecule has 0 unspecified atom stereocenters. The Bertz CT molecular complexity index is 236. The lowest BCUT2D eigenvalue weighted by molar-refractivity contribution is 0.971. The zero-order valence-electron chi connectivity index (χ0n) is 7.17.